The Morgan fingerprint density at radius 2 is 2.13 bits per heavy atom. The van der Waals surface area contributed by atoms with Crippen molar-refractivity contribution in [3.8, 4) is 6.07 Å². The van der Waals surface area contributed by atoms with E-state index in [0.717, 1.165) is 19.3 Å². The van der Waals surface area contributed by atoms with Crippen molar-refractivity contribution in [1.29, 1.82) is 5.26 Å². The molecule has 0 bridgehead atoms. The minimum atomic E-state index is -0.322. The van der Waals surface area contributed by atoms with Crippen molar-refractivity contribution in [1.82, 2.24) is 0 Å². The molecule has 2 saturated carbocycles. The van der Waals surface area contributed by atoms with Crippen LogP contribution in [-0.4, -0.2) is 5.78 Å². The molecule has 0 aliphatic heterocycles. The monoisotopic (exact) mass is 205 g/mol. The highest BCUT2D eigenvalue weighted by atomic mass is 16.1. The highest BCUT2D eigenvalue weighted by molar-refractivity contribution is 5.80. The van der Waals surface area contributed by atoms with Crippen molar-refractivity contribution in [2.24, 2.45) is 16.7 Å². The molecular weight excluding hydrogens is 186 g/mol. The third-order valence-electron chi connectivity index (χ3n) is 4.50. The first kappa shape index (κ1) is 10.7. The Hall–Kier alpha value is -0.840. The van der Waals surface area contributed by atoms with Gasteiger partial charge in [-0.3, -0.25) is 4.79 Å². The van der Waals surface area contributed by atoms with Gasteiger partial charge in [0.2, 0.25) is 0 Å². The molecule has 2 aliphatic carbocycles. The highest BCUT2D eigenvalue weighted by Gasteiger charge is 2.52. The molecule has 2 aliphatic rings. The molecule has 0 radical (unpaired) electrons. The van der Waals surface area contributed by atoms with Crippen LogP contribution in [-0.2, 0) is 4.79 Å². The van der Waals surface area contributed by atoms with E-state index in [1.165, 1.54) is 6.42 Å². The van der Waals surface area contributed by atoms with Gasteiger partial charge in [-0.25, -0.2) is 0 Å². The standard InChI is InChI=1S/C13H19NO/c1-12(2)6-3-7-13(9-14)8-10(15)4-5-11(12)13/h11H,3-8H2,1-2H3/t11-,13-/m1/s1. The van der Waals surface area contributed by atoms with E-state index in [9.17, 15) is 10.1 Å². The lowest BCUT2D eigenvalue weighted by Gasteiger charge is -2.51. The van der Waals surface area contributed by atoms with E-state index in [1.54, 1.807) is 0 Å². The van der Waals surface area contributed by atoms with E-state index >= 15 is 0 Å². The van der Waals surface area contributed by atoms with Crippen molar-refractivity contribution < 1.29 is 4.79 Å². The molecule has 0 spiro atoms. The molecule has 2 nitrogen and oxygen atoms in total. The number of nitrogens with zero attached hydrogens (tertiary/aromatic N) is 1. The summed E-state index contributed by atoms with van der Waals surface area (Å²) in [7, 11) is 0. The second kappa shape index (κ2) is 3.33. The lowest BCUT2D eigenvalue weighted by atomic mass is 9.51. The molecule has 0 aromatic rings. The molecule has 0 aromatic heterocycles. The second-order valence-electron chi connectivity index (χ2n) is 5.92. The van der Waals surface area contributed by atoms with Gasteiger partial charge in [0.15, 0.2) is 0 Å². The third kappa shape index (κ3) is 1.58. The first-order chi connectivity index (χ1) is 7.00. The average Bonchev–Trinajstić information content (AvgIpc) is 2.16. The fourth-order valence-electron chi connectivity index (χ4n) is 3.75. The molecule has 2 atom stereocenters. The highest BCUT2D eigenvalue weighted by Crippen LogP contribution is 2.56. The van der Waals surface area contributed by atoms with Gasteiger partial charge in [0.25, 0.3) is 0 Å². The largest absolute Gasteiger partial charge is 0.300 e. The van der Waals surface area contributed by atoms with E-state index in [-0.39, 0.29) is 10.8 Å². The predicted octanol–water partition coefficient (Wildman–Crippen LogP) is 3.08. The number of hydrogen-bond acceptors (Lipinski definition) is 2. The molecular formula is C13H19NO. The molecule has 15 heavy (non-hydrogen) atoms. The van der Waals surface area contributed by atoms with Crippen LogP contribution >= 0.6 is 0 Å². The normalized spacial score (nSPS) is 39.3. The topological polar surface area (TPSA) is 40.9 Å². The van der Waals surface area contributed by atoms with Gasteiger partial charge in [0.05, 0.1) is 11.5 Å². The van der Waals surface area contributed by atoms with Crippen LogP contribution in [0.1, 0.15) is 52.4 Å². The number of hydrogen-bond donors (Lipinski definition) is 0. The molecule has 82 valence electrons. The smallest absolute Gasteiger partial charge is 0.134 e. The molecule has 0 heterocycles. The fourth-order valence-corrected chi connectivity index (χ4v) is 3.75. The molecule has 2 heteroatoms. The lowest BCUT2D eigenvalue weighted by Crippen LogP contribution is -2.47. The van der Waals surface area contributed by atoms with Gasteiger partial charge in [-0.05, 0) is 30.6 Å². The molecule has 2 fully saturated rings. The maximum absolute atomic E-state index is 11.5. The molecule has 0 aromatic carbocycles. The molecule has 0 amide bonds. The van der Waals surface area contributed by atoms with Crippen LogP contribution in [0.15, 0.2) is 0 Å². The molecule has 0 saturated heterocycles. The summed E-state index contributed by atoms with van der Waals surface area (Å²) >= 11 is 0. The summed E-state index contributed by atoms with van der Waals surface area (Å²) in [5.74, 6) is 0.729. The Labute approximate surface area is 91.7 Å². The van der Waals surface area contributed by atoms with Crippen molar-refractivity contribution in [3.05, 3.63) is 0 Å². The third-order valence-corrected chi connectivity index (χ3v) is 4.50. The van der Waals surface area contributed by atoms with E-state index < -0.39 is 0 Å². The summed E-state index contributed by atoms with van der Waals surface area (Å²) in [5, 5.41) is 9.42. The Morgan fingerprint density at radius 1 is 1.40 bits per heavy atom. The lowest BCUT2D eigenvalue weighted by molar-refractivity contribution is -0.128. The first-order valence-electron chi connectivity index (χ1n) is 5.93. The van der Waals surface area contributed by atoms with Gasteiger partial charge in [0, 0.05) is 12.8 Å². The first-order valence-corrected chi connectivity index (χ1v) is 5.93. The minimum absolute atomic E-state index is 0.245. The van der Waals surface area contributed by atoms with Crippen molar-refractivity contribution in [2.45, 2.75) is 52.4 Å². The number of rotatable bonds is 0. The number of Topliss-reactive ketones (excluding diaryl/α,β-unsaturated/α-hetero) is 1. The summed E-state index contributed by atoms with van der Waals surface area (Å²) in [6, 6.07) is 2.48. The Kier molecular flexibility index (Phi) is 2.37. The Bertz CT molecular complexity index is 326. The number of carbonyl (C=O) groups is 1. The van der Waals surface area contributed by atoms with Crippen LogP contribution in [0.5, 0.6) is 0 Å². The minimum Gasteiger partial charge on any atom is -0.300 e. The molecule has 0 N–H and O–H groups in total. The quantitative estimate of drug-likeness (QED) is 0.609. The SMILES string of the molecule is CC1(C)CCC[C@]2(C#N)CC(=O)CC[C@H]12. The molecule has 2 rings (SSSR count). The van der Waals surface area contributed by atoms with Crippen LogP contribution in [0, 0.1) is 28.1 Å². The summed E-state index contributed by atoms with van der Waals surface area (Å²) in [6.45, 7) is 4.53. The number of ketones is 1. The van der Waals surface area contributed by atoms with E-state index in [4.69, 9.17) is 0 Å². The molecule has 0 unspecified atom stereocenters. The van der Waals surface area contributed by atoms with Crippen molar-refractivity contribution in [2.75, 3.05) is 0 Å². The number of carbonyl (C=O) groups excluding carboxylic acids is 1. The van der Waals surface area contributed by atoms with Crippen molar-refractivity contribution in [3.63, 3.8) is 0 Å². The zero-order valence-electron chi connectivity index (χ0n) is 9.68. The summed E-state index contributed by atoms with van der Waals surface area (Å²) in [6.07, 6.45) is 5.37. The fraction of sp³-hybridized carbons (Fsp3) is 0.846. The van der Waals surface area contributed by atoms with Gasteiger partial charge in [-0.15, -0.1) is 0 Å². The Balaban J connectivity index is 2.35. The van der Waals surface area contributed by atoms with Crippen LogP contribution in [0.25, 0.3) is 0 Å². The van der Waals surface area contributed by atoms with Gasteiger partial charge in [-0.2, -0.15) is 5.26 Å². The number of fused-ring (bicyclic) bond motifs is 1. The second-order valence-corrected chi connectivity index (χ2v) is 5.92. The summed E-state index contributed by atoms with van der Waals surface area (Å²) in [5.41, 5.74) is -0.0776. The van der Waals surface area contributed by atoms with E-state index in [2.05, 4.69) is 19.9 Å². The van der Waals surface area contributed by atoms with Crippen LogP contribution in [0.3, 0.4) is 0 Å². The van der Waals surface area contributed by atoms with Gasteiger partial charge < -0.3 is 0 Å². The number of nitriles is 1. The van der Waals surface area contributed by atoms with E-state index in [1.807, 2.05) is 0 Å². The van der Waals surface area contributed by atoms with Crippen LogP contribution in [0.2, 0.25) is 0 Å². The zero-order chi connectivity index (χ0) is 11.1. The zero-order valence-corrected chi connectivity index (χ0v) is 9.68. The van der Waals surface area contributed by atoms with Crippen LogP contribution < -0.4 is 0 Å². The Morgan fingerprint density at radius 3 is 2.80 bits per heavy atom. The van der Waals surface area contributed by atoms with E-state index in [0.29, 0.717) is 24.5 Å². The summed E-state index contributed by atoms with van der Waals surface area (Å²) < 4.78 is 0. The van der Waals surface area contributed by atoms with Crippen molar-refractivity contribution >= 4 is 5.78 Å². The maximum atomic E-state index is 11.5. The average molecular weight is 205 g/mol. The predicted molar refractivity (Wildman–Crippen MR) is 58.0 cm³/mol. The van der Waals surface area contributed by atoms with Gasteiger partial charge in [-0.1, -0.05) is 20.3 Å². The van der Waals surface area contributed by atoms with Crippen LogP contribution in [0.4, 0.5) is 0 Å². The summed E-state index contributed by atoms with van der Waals surface area (Å²) in [4.78, 5) is 11.5. The van der Waals surface area contributed by atoms with Gasteiger partial charge >= 0.3 is 0 Å². The maximum Gasteiger partial charge on any atom is 0.134 e. The van der Waals surface area contributed by atoms with Gasteiger partial charge in [0.1, 0.15) is 5.78 Å².